The third kappa shape index (κ3) is 2.21. The van der Waals surface area contributed by atoms with E-state index in [1.807, 2.05) is 0 Å². The van der Waals surface area contributed by atoms with Gasteiger partial charge in [-0.25, -0.2) is 0 Å². The Hall–Kier alpha value is -0.940. The van der Waals surface area contributed by atoms with Gasteiger partial charge in [0, 0.05) is 32.0 Å². The Morgan fingerprint density at radius 1 is 1.29 bits per heavy atom. The third-order valence-electron chi connectivity index (χ3n) is 4.02. The Balaban J connectivity index is 1.73. The van der Waals surface area contributed by atoms with Crippen LogP contribution in [-0.4, -0.2) is 45.8 Å². The second kappa shape index (κ2) is 4.38. The van der Waals surface area contributed by atoms with Gasteiger partial charge in [-0.2, -0.15) is 0 Å². The fraction of sp³-hybridized carbons (Fsp3) is 0.833. The Kier molecular flexibility index (Phi) is 2.88. The van der Waals surface area contributed by atoms with E-state index in [0.29, 0.717) is 0 Å². The summed E-state index contributed by atoms with van der Waals surface area (Å²) in [6.45, 7) is 3.31. The van der Waals surface area contributed by atoms with Gasteiger partial charge in [0.1, 0.15) is 11.6 Å². The molecule has 0 bridgehead atoms. The lowest BCUT2D eigenvalue weighted by molar-refractivity contribution is 0.386. The lowest BCUT2D eigenvalue weighted by Gasteiger charge is -2.21. The summed E-state index contributed by atoms with van der Waals surface area (Å²) < 4.78 is 2.26. The van der Waals surface area contributed by atoms with Gasteiger partial charge in [0.25, 0.3) is 0 Å². The highest BCUT2D eigenvalue weighted by Gasteiger charge is 2.25. The summed E-state index contributed by atoms with van der Waals surface area (Å²) in [5.41, 5.74) is 6.02. The van der Waals surface area contributed by atoms with E-state index >= 15 is 0 Å². The molecule has 2 aliphatic heterocycles. The fourth-order valence-corrected chi connectivity index (χ4v) is 3.01. The van der Waals surface area contributed by atoms with E-state index in [4.69, 9.17) is 5.73 Å². The molecule has 2 N–H and O–H groups in total. The second-order valence-electron chi connectivity index (χ2n) is 5.56. The molecule has 2 unspecified atom stereocenters. The second-order valence-corrected chi connectivity index (χ2v) is 5.56. The van der Waals surface area contributed by atoms with E-state index in [-0.39, 0.29) is 6.04 Å². The standard InChI is InChI=1S/C12H21N5/c1-16-5-4-9(7-16)6-12-15-14-11-3-2-10(13)8-17(11)12/h9-10H,2-8,13H2,1H3. The molecule has 1 saturated heterocycles. The summed E-state index contributed by atoms with van der Waals surface area (Å²) in [7, 11) is 2.19. The molecule has 0 spiro atoms. The molecule has 0 saturated carbocycles. The molecule has 0 amide bonds. The summed E-state index contributed by atoms with van der Waals surface area (Å²) in [6.07, 6.45) is 4.37. The van der Waals surface area contributed by atoms with Crippen LogP contribution in [0.25, 0.3) is 0 Å². The van der Waals surface area contributed by atoms with E-state index in [9.17, 15) is 0 Å². The first-order valence-corrected chi connectivity index (χ1v) is 6.57. The van der Waals surface area contributed by atoms with Gasteiger partial charge in [-0.3, -0.25) is 0 Å². The number of rotatable bonds is 2. The average Bonchev–Trinajstić information content (AvgIpc) is 2.87. The zero-order valence-electron chi connectivity index (χ0n) is 10.5. The minimum Gasteiger partial charge on any atom is -0.326 e. The Morgan fingerprint density at radius 3 is 2.94 bits per heavy atom. The van der Waals surface area contributed by atoms with Gasteiger partial charge in [0.15, 0.2) is 0 Å². The van der Waals surface area contributed by atoms with Gasteiger partial charge < -0.3 is 15.2 Å². The summed E-state index contributed by atoms with van der Waals surface area (Å²) in [6, 6.07) is 0.281. The maximum atomic E-state index is 6.02. The number of nitrogens with zero attached hydrogens (tertiary/aromatic N) is 4. The van der Waals surface area contributed by atoms with E-state index in [1.54, 1.807) is 0 Å². The van der Waals surface area contributed by atoms with Gasteiger partial charge in [-0.05, 0) is 32.4 Å². The molecule has 2 aliphatic rings. The van der Waals surface area contributed by atoms with Crippen molar-refractivity contribution in [2.75, 3.05) is 20.1 Å². The molecule has 1 fully saturated rings. The quantitative estimate of drug-likeness (QED) is 0.786. The molecule has 0 radical (unpaired) electrons. The first kappa shape index (κ1) is 11.2. The topological polar surface area (TPSA) is 60.0 Å². The van der Waals surface area contributed by atoms with Crippen LogP contribution in [0.5, 0.6) is 0 Å². The lowest BCUT2D eigenvalue weighted by Crippen LogP contribution is -2.33. The molecule has 0 aliphatic carbocycles. The van der Waals surface area contributed by atoms with Crippen LogP contribution < -0.4 is 5.73 Å². The van der Waals surface area contributed by atoms with Crippen LogP contribution in [-0.2, 0) is 19.4 Å². The number of nitrogens with two attached hydrogens (primary N) is 1. The highest BCUT2D eigenvalue weighted by Crippen LogP contribution is 2.21. The third-order valence-corrected chi connectivity index (χ3v) is 4.02. The summed E-state index contributed by atoms with van der Waals surface area (Å²) in [5, 5.41) is 8.66. The van der Waals surface area contributed by atoms with Crippen molar-refractivity contribution in [3.8, 4) is 0 Å². The molecule has 1 aromatic rings. The van der Waals surface area contributed by atoms with Crippen molar-refractivity contribution < 1.29 is 0 Å². The molecule has 3 rings (SSSR count). The highest BCUT2D eigenvalue weighted by atomic mass is 15.3. The zero-order chi connectivity index (χ0) is 11.8. The SMILES string of the molecule is CN1CCC(Cc2nnc3n2CC(N)CC3)C1. The molecule has 0 aromatic carbocycles. The number of hydrogen-bond donors (Lipinski definition) is 1. The van der Waals surface area contributed by atoms with E-state index < -0.39 is 0 Å². The van der Waals surface area contributed by atoms with Gasteiger partial charge in [-0.15, -0.1) is 10.2 Å². The monoisotopic (exact) mass is 235 g/mol. The van der Waals surface area contributed by atoms with Crippen LogP contribution in [0.4, 0.5) is 0 Å². The van der Waals surface area contributed by atoms with Gasteiger partial charge in [-0.1, -0.05) is 0 Å². The van der Waals surface area contributed by atoms with Gasteiger partial charge in [0.05, 0.1) is 0 Å². The van der Waals surface area contributed by atoms with Crippen molar-refractivity contribution in [3.05, 3.63) is 11.6 Å². The molecule has 17 heavy (non-hydrogen) atoms. The maximum absolute atomic E-state index is 6.02. The van der Waals surface area contributed by atoms with Crippen LogP contribution in [0.1, 0.15) is 24.5 Å². The number of likely N-dealkylation sites (tertiary alicyclic amines) is 1. The number of aromatic nitrogens is 3. The van der Waals surface area contributed by atoms with E-state index in [2.05, 4.69) is 26.7 Å². The Labute approximate surface area is 102 Å². The van der Waals surface area contributed by atoms with Crippen molar-refractivity contribution in [2.45, 2.75) is 38.3 Å². The fourth-order valence-electron chi connectivity index (χ4n) is 3.01. The van der Waals surface area contributed by atoms with Crippen molar-refractivity contribution >= 4 is 0 Å². The van der Waals surface area contributed by atoms with Crippen LogP contribution in [0, 0.1) is 5.92 Å². The van der Waals surface area contributed by atoms with Crippen molar-refractivity contribution in [1.82, 2.24) is 19.7 Å². The summed E-state index contributed by atoms with van der Waals surface area (Å²) >= 11 is 0. The minimum absolute atomic E-state index is 0.281. The smallest absolute Gasteiger partial charge is 0.133 e. The molecular weight excluding hydrogens is 214 g/mol. The predicted octanol–water partition coefficient (Wildman–Crippen LogP) is 0.0458. The van der Waals surface area contributed by atoms with Crippen LogP contribution >= 0.6 is 0 Å². The van der Waals surface area contributed by atoms with Gasteiger partial charge >= 0.3 is 0 Å². The van der Waals surface area contributed by atoms with E-state index in [1.165, 1.54) is 19.5 Å². The van der Waals surface area contributed by atoms with Gasteiger partial charge in [0.2, 0.25) is 0 Å². The summed E-state index contributed by atoms with van der Waals surface area (Å²) in [5.74, 6) is 3.02. The minimum atomic E-state index is 0.281. The summed E-state index contributed by atoms with van der Waals surface area (Å²) in [4.78, 5) is 2.39. The number of aryl methyl sites for hydroxylation is 1. The Bertz CT molecular complexity index is 400. The first-order valence-electron chi connectivity index (χ1n) is 6.57. The van der Waals surface area contributed by atoms with Crippen molar-refractivity contribution in [1.29, 1.82) is 0 Å². The molecule has 5 heteroatoms. The molecule has 1 aromatic heterocycles. The number of fused-ring (bicyclic) bond motifs is 1. The molecule has 3 heterocycles. The predicted molar refractivity (Wildman–Crippen MR) is 65.6 cm³/mol. The highest BCUT2D eigenvalue weighted by molar-refractivity contribution is 5.02. The van der Waals surface area contributed by atoms with Crippen LogP contribution in [0.2, 0.25) is 0 Å². The van der Waals surface area contributed by atoms with Crippen molar-refractivity contribution in [3.63, 3.8) is 0 Å². The van der Waals surface area contributed by atoms with Crippen LogP contribution in [0.3, 0.4) is 0 Å². The maximum Gasteiger partial charge on any atom is 0.133 e. The lowest BCUT2D eigenvalue weighted by atomic mass is 10.0. The molecular formula is C12H21N5. The number of hydrogen-bond acceptors (Lipinski definition) is 4. The largest absolute Gasteiger partial charge is 0.326 e. The first-order chi connectivity index (χ1) is 8.22. The molecule has 2 atom stereocenters. The van der Waals surface area contributed by atoms with Crippen molar-refractivity contribution in [2.24, 2.45) is 11.7 Å². The Morgan fingerprint density at radius 2 is 2.18 bits per heavy atom. The average molecular weight is 235 g/mol. The van der Waals surface area contributed by atoms with Crippen LogP contribution in [0.15, 0.2) is 0 Å². The molecule has 94 valence electrons. The molecule has 5 nitrogen and oxygen atoms in total. The zero-order valence-corrected chi connectivity index (χ0v) is 10.5. The van der Waals surface area contributed by atoms with E-state index in [0.717, 1.165) is 43.4 Å². The normalized spacial score (nSPS) is 29.5.